The molecule has 0 aromatic rings. The highest BCUT2D eigenvalue weighted by Gasteiger charge is 2.21. The second-order valence-corrected chi connectivity index (χ2v) is 7.10. The van der Waals surface area contributed by atoms with E-state index in [0.29, 0.717) is 6.54 Å². The maximum Gasteiger partial charge on any atom is 0.213 e. The Balaban J connectivity index is 2.35. The molecule has 0 spiro atoms. The number of rotatable bonds is 4. The Labute approximate surface area is 98.6 Å². The van der Waals surface area contributed by atoms with Gasteiger partial charge in [0.2, 0.25) is 10.0 Å². The molecule has 1 fully saturated rings. The third-order valence-corrected chi connectivity index (χ3v) is 3.99. The van der Waals surface area contributed by atoms with Crippen molar-refractivity contribution in [3.8, 4) is 0 Å². The van der Waals surface area contributed by atoms with E-state index in [1.165, 1.54) is 0 Å². The first kappa shape index (κ1) is 13.9. The van der Waals surface area contributed by atoms with Crippen molar-refractivity contribution in [3.63, 3.8) is 0 Å². The van der Waals surface area contributed by atoms with Crippen LogP contribution >= 0.6 is 0 Å². The van der Waals surface area contributed by atoms with Gasteiger partial charge in [-0.15, -0.1) is 0 Å². The van der Waals surface area contributed by atoms with Crippen LogP contribution in [0, 0.1) is 0 Å². The number of sulfonamides is 1. The molecule has 1 heterocycles. The van der Waals surface area contributed by atoms with E-state index in [9.17, 15) is 8.42 Å². The van der Waals surface area contributed by atoms with E-state index in [2.05, 4.69) is 14.9 Å². The van der Waals surface area contributed by atoms with Crippen LogP contribution in [0.3, 0.4) is 0 Å². The van der Waals surface area contributed by atoms with Gasteiger partial charge in [0.05, 0.1) is 5.75 Å². The summed E-state index contributed by atoms with van der Waals surface area (Å²) in [6.07, 6.45) is 0. The molecule has 0 aromatic carbocycles. The molecule has 16 heavy (non-hydrogen) atoms. The molecule has 5 nitrogen and oxygen atoms in total. The van der Waals surface area contributed by atoms with Gasteiger partial charge in [0.25, 0.3) is 0 Å². The average molecular weight is 249 g/mol. The summed E-state index contributed by atoms with van der Waals surface area (Å²) in [6, 6.07) is 0. The zero-order valence-electron chi connectivity index (χ0n) is 10.4. The largest absolute Gasteiger partial charge is 0.314 e. The highest BCUT2D eigenvalue weighted by atomic mass is 32.2. The van der Waals surface area contributed by atoms with Crippen LogP contribution in [0.5, 0.6) is 0 Å². The number of piperazine rings is 1. The molecule has 0 saturated carbocycles. The van der Waals surface area contributed by atoms with Crippen LogP contribution in [0.4, 0.5) is 0 Å². The molecule has 0 bridgehead atoms. The highest BCUT2D eigenvalue weighted by molar-refractivity contribution is 7.89. The van der Waals surface area contributed by atoms with Crippen molar-refractivity contribution in [1.82, 2.24) is 14.9 Å². The van der Waals surface area contributed by atoms with E-state index in [4.69, 9.17) is 0 Å². The molecular formula is C10H23N3O2S. The van der Waals surface area contributed by atoms with Crippen molar-refractivity contribution >= 4 is 10.0 Å². The van der Waals surface area contributed by atoms with Crippen LogP contribution in [0.2, 0.25) is 0 Å². The van der Waals surface area contributed by atoms with Gasteiger partial charge in [0.1, 0.15) is 0 Å². The van der Waals surface area contributed by atoms with E-state index in [1.807, 2.05) is 20.8 Å². The lowest BCUT2D eigenvalue weighted by atomic mass is 10.1. The zero-order valence-corrected chi connectivity index (χ0v) is 11.2. The fraction of sp³-hybridized carbons (Fsp3) is 1.00. The minimum Gasteiger partial charge on any atom is -0.314 e. The van der Waals surface area contributed by atoms with Gasteiger partial charge in [-0.25, -0.2) is 13.1 Å². The van der Waals surface area contributed by atoms with E-state index in [0.717, 1.165) is 26.2 Å². The number of hydrogen-bond acceptors (Lipinski definition) is 4. The van der Waals surface area contributed by atoms with Crippen molar-refractivity contribution in [1.29, 1.82) is 0 Å². The predicted octanol–water partition coefficient (Wildman–Crippen LogP) is -0.390. The van der Waals surface area contributed by atoms with Crippen LogP contribution in [0.25, 0.3) is 0 Å². The number of hydrogen-bond donors (Lipinski definition) is 2. The molecule has 0 aliphatic carbocycles. The molecule has 1 aliphatic rings. The smallest absolute Gasteiger partial charge is 0.213 e. The molecule has 0 atom stereocenters. The summed E-state index contributed by atoms with van der Waals surface area (Å²) < 4.78 is 26.1. The highest BCUT2D eigenvalue weighted by Crippen LogP contribution is 2.03. The Morgan fingerprint density at radius 1 is 1.25 bits per heavy atom. The topological polar surface area (TPSA) is 61.4 Å². The lowest BCUT2D eigenvalue weighted by Crippen LogP contribution is -2.47. The first-order chi connectivity index (χ1) is 7.29. The Bertz CT molecular complexity index is 303. The third-order valence-electron chi connectivity index (χ3n) is 2.35. The predicted molar refractivity (Wildman–Crippen MR) is 66.0 cm³/mol. The second-order valence-electron chi connectivity index (χ2n) is 5.26. The standard InChI is InChI=1S/C10H23N3O2S/c1-10(2,3)12-16(14,15)9-8-13-6-4-11-5-7-13/h11-12H,4-9H2,1-3H3. The maximum absolute atomic E-state index is 11.7. The molecule has 6 heteroatoms. The summed E-state index contributed by atoms with van der Waals surface area (Å²) in [6.45, 7) is 9.96. The summed E-state index contributed by atoms with van der Waals surface area (Å²) in [7, 11) is -3.15. The second kappa shape index (κ2) is 5.44. The van der Waals surface area contributed by atoms with Gasteiger partial charge < -0.3 is 5.32 Å². The fourth-order valence-electron chi connectivity index (χ4n) is 1.70. The molecule has 2 N–H and O–H groups in total. The quantitative estimate of drug-likeness (QED) is 0.712. The maximum atomic E-state index is 11.7. The SMILES string of the molecule is CC(C)(C)NS(=O)(=O)CCN1CCNCC1. The van der Waals surface area contributed by atoms with E-state index < -0.39 is 10.0 Å². The summed E-state index contributed by atoms with van der Waals surface area (Å²) >= 11 is 0. The molecule has 0 amide bonds. The molecule has 96 valence electrons. The van der Waals surface area contributed by atoms with Gasteiger partial charge in [-0.1, -0.05) is 0 Å². The van der Waals surface area contributed by atoms with Crippen LogP contribution in [0.15, 0.2) is 0 Å². The van der Waals surface area contributed by atoms with Crippen LogP contribution in [-0.2, 0) is 10.0 Å². The summed E-state index contributed by atoms with van der Waals surface area (Å²) in [5, 5.41) is 3.24. The van der Waals surface area contributed by atoms with Crippen molar-refractivity contribution in [3.05, 3.63) is 0 Å². The Hall–Kier alpha value is -0.170. The molecule has 1 saturated heterocycles. The van der Waals surface area contributed by atoms with Gasteiger partial charge in [-0.2, -0.15) is 0 Å². The number of nitrogens with one attached hydrogen (secondary N) is 2. The molecule has 0 unspecified atom stereocenters. The molecule has 0 aromatic heterocycles. The van der Waals surface area contributed by atoms with Crippen molar-refractivity contribution in [2.45, 2.75) is 26.3 Å². The Morgan fingerprint density at radius 3 is 2.31 bits per heavy atom. The van der Waals surface area contributed by atoms with Gasteiger partial charge in [0.15, 0.2) is 0 Å². The van der Waals surface area contributed by atoms with E-state index in [1.54, 1.807) is 0 Å². The lowest BCUT2D eigenvalue weighted by Gasteiger charge is -2.27. The van der Waals surface area contributed by atoms with Gasteiger partial charge in [-0.3, -0.25) is 4.90 Å². The van der Waals surface area contributed by atoms with Crippen molar-refractivity contribution in [2.75, 3.05) is 38.5 Å². The van der Waals surface area contributed by atoms with Crippen molar-refractivity contribution in [2.24, 2.45) is 0 Å². The summed E-state index contributed by atoms with van der Waals surface area (Å²) in [5.41, 5.74) is -0.387. The van der Waals surface area contributed by atoms with Crippen LogP contribution < -0.4 is 10.0 Å². The monoisotopic (exact) mass is 249 g/mol. The lowest BCUT2D eigenvalue weighted by molar-refractivity contribution is 0.253. The van der Waals surface area contributed by atoms with Gasteiger partial charge in [0, 0.05) is 38.3 Å². The first-order valence-electron chi connectivity index (χ1n) is 5.73. The molecule has 1 aliphatic heterocycles. The molecule has 1 rings (SSSR count). The summed E-state index contributed by atoms with van der Waals surface area (Å²) in [5.74, 6) is 0.185. The van der Waals surface area contributed by atoms with E-state index in [-0.39, 0.29) is 11.3 Å². The summed E-state index contributed by atoms with van der Waals surface area (Å²) in [4.78, 5) is 2.18. The van der Waals surface area contributed by atoms with Gasteiger partial charge >= 0.3 is 0 Å². The number of nitrogens with zero attached hydrogens (tertiary/aromatic N) is 1. The van der Waals surface area contributed by atoms with Crippen LogP contribution in [-0.4, -0.2) is 57.3 Å². The normalized spacial score (nSPS) is 19.9. The zero-order chi connectivity index (χ0) is 12.2. The first-order valence-corrected chi connectivity index (χ1v) is 7.38. The Kier molecular flexibility index (Phi) is 4.73. The Morgan fingerprint density at radius 2 is 1.81 bits per heavy atom. The molecule has 0 radical (unpaired) electrons. The minimum atomic E-state index is -3.15. The fourth-order valence-corrected chi connectivity index (χ4v) is 3.24. The molecular weight excluding hydrogens is 226 g/mol. The average Bonchev–Trinajstić information content (AvgIpc) is 2.13. The van der Waals surface area contributed by atoms with E-state index >= 15 is 0 Å². The minimum absolute atomic E-state index is 0.185. The van der Waals surface area contributed by atoms with Crippen LogP contribution in [0.1, 0.15) is 20.8 Å². The van der Waals surface area contributed by atoms with Gasteiger partial charge in [-0.05, 0) is 20.8 Å². The van der Waals surface area contributed by atoms with Crippen molar-refractivity contribution < 1.29 is 8.42 Å². The third kappa shape index (κ3) is 5.79.